The molecule has 1 unspecified atom stereocenters. The summed E-state index contributed by atoms with van der Waals surface area (Å²) < 4.78 is 0. The number of nitrogens with one attached hydrogen (secondary N) is 1. The van der Waals surface area contributed by atoms with Crippen LogP contribution in [0.4, 0.5) is 11.6 Å². The Labute approximate surface area is 117 Å². The van der Waals surface area contributed by atoms with Crippen molar-refractivity contribution in [1.82, 2.24) is 9.97 Å². The molecule has 0 bridgehead atoms. The second-order valence-electron chi connectivity index (χ2n) is 5.77. The van der Waals surface area contributed by atoms with E-state index in [0.29, 0.717) is 11.9 Å². The van der Waals surface area contributed by atoms with Crippen LogP contribution in [-0.2, 0) is 6.42 Å². The van der Waals surface area contributed by atoms with Crippen LogP contribution in [0.5, 0.6) is 0 Å². The Morgan fingerprint density at radius 3 is 2.42 bits per heavy atom. The summed E-state index contributed by atoms with van der Waals surface area (Å²) in [5, 5.41) is 3.47. The van der Waals surface area contributed by atoms with Crippen molar-refractivity contribution in [1.29, 1.82) is 0 Å². The Bertz CT molecular complexity index is 401. The molecule has 4 nitrogen and oxygen atoms in total. The third kappa shape index (κ3) is 5.05. The van der Waals surface area contributed by atoms with Crippen molar-refractivity contribution < 1.29 is 0 Å². The Balaban J connectivity index is 2.75. The molecule has 0 saturated heterocycles. The third-order valence-corrected chi connectivity index (χ3v) is 3.26. The molecule has 0 amide bonds. The van der Waals surface area contributed by atoms with Gasteiger partial charge in [0.15, 0.2) is 0 Å². The minimum Gasteiger partial charge on any atom is -0.383 e. The highest BCUT2D eigenvalue weighted by atomic mass is 15.1. The van der Waals surface area contributed by atoms with Crippen LogP contribution < -0.4 is 11.1 Å². The van der Waals surface area contributed by atoms with Crippen LogP contribution in [0.3, 0.4) is 0 Å². The number of hydrogen-bond acceptors (Lipinski definition) is 4. The molecular weight excluding hydrogens is 236 g/mol. The highest BCUT2D eigenvalue weighted by molar-refractivity contribution is 5.55. The summed E-state index contributed by atoms with van der Waals surface area (Å²) in [5.41, 5.74) is 6.91. The van der Waals surface area contributed by atoms with E-state index in [1.807, 2.05) is 6.92 Å². The van der Waals surface area contributed by atoms with E-state index in [1.54, 1.807) is 0 Å². The minimum absolute atomic E-state index is 0.407. The smallest absolute Gasteiger partial charge is 0.134 e. The quantitative estimate of drug-likeness (QED) is 0.790. The first-order valence-corrected chi connectivity index (χ1v) is 7.33. The third-order valence-electron chi connectivity index (χ3n) is 3.26. The first-order valence-electron chi connectivity index (χ1n) is 7.33. The van der Waals surface area contributed by atoms with Crippen molar-refractivity contribution in [3.05, 3.63) is 11.4 Å². The zero-order valence-corrected chi connectivity index (χ0v) is 13.0. The summed E-state index contributed by atoms with van der Waals surface area (Å²) in [6.45, 7) is 10.8. The molecule has 108 valence electrons. The number of anilines is 2. The molecule has 1 rings (SSSR count). The van der Waals surface area contributed by atoms with Crippen molar-refractivity contribution in [3.63, 3.8) is 0 Å². The van der Waals surface area contributed by atoms with E-state index in [4.69, 9.17) is 5.73 Å². The second kappa shape index (κ2) is 7.31. The van der Waals surface area contributed by atoms with Crippen LogP contribution in [0, 0.1) is 12.8 Å². The molecule has 0 aliphatic carbocycles. The number of aromatic nitrogens is 2. The topological polar surface area (TPSA) is 63.8 Å². The van der Waals surface area contributed by atoms with Crippen molar-refractivity contribution >= 4 is 11.6 Å². The van der Waals surface area contributed by atoms with Crippen molar-refractivity contribution in [2.45, 2.75) is 66.3 Å². The summed E-state index contributed by atoms with van der Waals surface area (Å²) in [5.74, 6) is 3.06. The standard InChI is InChI=1S/C15H28N4/c1-6-7-13-18-14(16)12(5)15(19-13)17-11(4)9-8-10(2)3/h10-11H,6-9H2,1-5H3,(H3,16,17,18,19). The number of aryl methyl sites for hydroxylation is 1. The molecule has 0 aromatic carbocycles. The van der Waals surface area contributed by atoms with Gasteiger partial charge in [-0.15, -0.1) is 0 Å². The van der Waals surface area contributed by atoms with Gasteiger partial charge in [-0.05, 0) is 39.0 Å². The lowest BCUT2D eigenvalue weighted by molar-refractivity contribution is 0.527. The van der Waals surface area contributed by atoms with Gasteiger partial charge in [-0.1, -0.05) is 20.8 Å². The maximum absolute atomic E-state index is 5.96. The van der Waals surface area contributed by atoms with Crippen LogP contribution in [0.1, 0.15) is 58.3 Å². The maximum Gasteiger partial charge on any atom is 0.134 e. The summed E-state index contributed by atoms with van der Waals surface area (Å²) in [4.78, 5) is 8.92. The van der Waals surface area contributed by atoms with Crippen molar-refractivity contribution in [2.75, 3.05) is 11.1 Å². The fourth-order valence-electron chi connectivity index (χ4n) is 1.95. The van der Waals surface area contributed by atoms with Crippen LogP contribution in [0.15, 0.2) is 0 Å². The summed E-state index contributed by atoms with van der Waals surface area (Å²) in [7, 11) is 0. The first-order chi connectivity index (χ1) is 8.93. The lowest BCUT2D eigenvalue weighted by Gasteiger charge is -2.18. The van der Waals surface area contributed by atoms with E-state index < -0.39 is 0 Å². The molecule has 1 heterocycles. The summed E-state index contributed by atoms with van der Waals surface area (Å²) in [6.07, 6.45) is 4.27. The SMILES string of the molecule is CCCc1nc(N)c(C)c(NC(C)CCC(C)C)n1. The first kappa shape index (κ1) is 15.7. The van der Waals surface area contributed by atoms with Gasteiger partial charge in [0.2, 0.25) is 0 Å². The molecule has 0 saturated carbocycles. The van der Waals surface area contributed by atoms with Crippen LogP contribution >= 0.6 is 0 Å². The predicted molar refractivity (Wildman–Crippen MR) is 82.3 cm³/mol. The highest BCUT2D eigenvalue weighted by Crippen LogP contribution is 2.20. The molecule has 0 spiro atoms. The number of nitrogen functional groups attached to an aromatic ring is 1. The molecule has 0 fully saturated rings. The number of nitrogens with zero attached hydrogens (tertiary/aromatic N) is 2. The average molecular weight is 264 g/mol. The van der Waals surface area contributed by atoms with Crippen LogP contribution in [-0.4, -0.2) is 16.0 Å². The Hall–Kier alpha value is -1.32. The minimum atomic E-state index is 0.407. The van der Waals surface area contributed by atoms with Gasteiger partial charge < -0.3 is 11.1 Å². The number of nitrogens with two attached hydrogens (primary N) is 1. The van der Waals surface area contributed by atoms with Crippen LogP contribution in [0.25, 0.3) is 0 Å². The lowest BCUT2D eigenvalue weighted by Crippen LogP contribution is -2.19. The lowest BCUT2D eigenvalue weighted by atomic mass is 10.0. The van der Waals surface area contributed by atoms with Crippen molar-refractivity contribution in [2.24, 2.45) is 5.92 Å². The fraction of sp³-hybridized carbons (Fsp3) is 0.733. The van der Waals surface area contributed by atoms with Gasteiger partial charge in [0.25, 0.3) is 0 Å². The normalized spacial score (nSPS) is 12.7. The van der Waals surface area contributed by atoms with Gasteiger partial charge in [0, 0.05) is 18.0 Å². The van der Waals surface area contributed by atoms with E-state index in [9.17, 15) is 0 Å². The Morgan fingerprint density at radius 1 is 1.16 bits per heavy atom. The molecular formula is C15H28N4. The highest BCUT2D eigenvalue weighted by Gasteiger charge is 2.11. The van der Waals surface area contributed by atoms with E-state index in [1.165, 1.54) is 6.42 Å². The molecule has 0 aliphatic rings. The second-order valence-corrected chi connectivity index (χ2v) is 5.77. The molecule has 1 atom stereocenters. The number of hydrogen-bond donors (Lipinski definition) is 2. The molecule has 1 aromatic rings. The summed E-state index contributed by atoms with van der Waals surface area (Å²) in [6, 6.07) is 0.407. The molecule has 3 N–H and O–H groups in total. The van der Waals surface area contributed by atoms with E-state index in [2.05, 4.69) is 43.0 Å². The summed E-state index contributed by atoms with van der Waals surface area (Å²) >= 11 is 0. The van der Waals surface area contributed by atoms with Gasteiger partial charge in [0.05, 0.1) is 0 Å². The Kier molecular flexibility index (Phi) is 6.06. The van der Waals surface area contributed by atoms with Gasteiger partial charge in [-0.3, -0.25) is 0 Å². The van der Waals surface area contributed by atoms with Gasteiger partial charge >= 0.3 is 0 Å². The van der Waals surface area contributed by atoms with E-state index in [0.717, 1.165) is 42.4 Å². The molecule has 19 heavy (non-hydrogen) atoms. The molecule has 0 aliphatic heterocycles. The average Bonchev–Trinajstić information content (AvgIpc) is 2.33. The predicted octanol–water partition coefficient (Wildman–Crippen LogP) is 3.56. The fourth-order valence-corrected chi connectivity index (χ4v) is 1.95. The Morgan fingerprint density at radius 2 is 1.84 bits per heavy atom. The monoisotopic (exact) mass is 264 g/mol. The van der Waals surface area contributed by atoms with E-state index >= 15 is 0 Å². The van der Waals surface area contributed by atoms with E-state index in [-0.39, 0.29) is 0 Å². The maximum atomic E-state index is 5.96. The zero-order chi connectivity index (χ0) is 14.4. The largest absolute Gasteiger partial charge is 0.383 e. The number of rotatable bonds is 7. The van der Waals surface area contributed by atoms with Crippen molar-refractivity contribution in [3.8, 4) is 0 Å². The molecule has 0 radical (unpaired) electrons. The van der Waals surface area contributed by atoms with Gasteiger partial charge in [0.1, 0.15) is 17.5 Å². The zero-order valence-electron chi connectivity index (χ0n) is 13.0. The van der Waals surface area contributed by atoms with Crippen LogP contribution in [0.2, 0.25) is 0 Å². The molecule has 4 heteroatoms. The molecule has 1 aromatic heterocycles. The van der Waals surface area contributed by atoms with Gasteiger partial charge in [-0.2, -0.15) is 0 Å². The van der Waals surface area contributed by atoms with Gasteiger partial charge in [-0.25, -0.2) is 9.97 Å².